The van der Waals surface area contributed by atoms with Gasteiger partial charge in [-0.1, -0.05) is 12.8 Å². The van der Waals surface area contributed by atoms with E-state index in [0.717, 1.165) is 19.0 Å². The van der Waals surface area contributed by atoms with Crippen molar-refractivity contribution in [1.29, 1.82) is 0 Å². The molecule has 1 aliphatic heterocycles. The van der Waals surface area contributed by atoms with Crippen molar-refractivity contribution in [2.24, 2.45) is 0 Å². The molecule has 3 heteroatoms. The summed E-state index contributed by atoms with van der Waals surface area (Å²) >= 11 is 0. The molecular weight excluding hydrogens is 186 g/mol. The summed E-state index contributed by atoms with van der Waals surface area (Å²) in [5.41, 5.74) is 0. The molecule has 82 valence electrons. The van der Waals surface area contributed by atoms with Gasteiger partial charge in [0.25, 0.3) is 0 Å². The summed E-state index contributed by atoms with van der Waals surface area (Å²) in [6.07, 6.45) is 10.9. The maximum Gasteiger partial charge on any atom is 0.112 e. The van der Waals surface area contributed by atoms with Gasteiger partial charge in [-0.3, -0.25) is 0 Å². The molecule has 1 aromatic heterocycles. The number of rotatable bonds is 2. The Bertz CT molecular complexity index is 289. The first-order chi connectivity index (χ1) is 7.45. The Hall–Kier alpha value is -0.830. The number of nitrogens with zero attached hydrogens (tertiary/aromatic N) is 2. The first-order valence-corrected chi connectivity index (χ1v) is 6.18. The van der Waals surface area contributed by atoms with Crippen LogP contribution < -0.4 is 5.32 Å². The molecule has 1 saturated carbocycles. The van der Waals surface area contributed by atoms with Crippen molar-refractivity contribution in [2.45, 2.75) is 44.1 Å². The molecular formula is C12H19N3. The van der Waals surface area contributed by atoms with Crippen LogP contribution in [0.3, 0.4) is 0 Å². The van der Waals surface area contributed by atoms with Gasteiger partial charge in [0.1, 0.15) is 5.82 Å². The average molecular weight is 205 g/mol. The molecule has 3 nitrogen and oxygen atoms in total. The summed E-state index contributed by atoms with van der Waals surface area (Å²) in [6.45, 7) is 2.28. The molecule has 1 N–H and O–H groups in total. The fraction of sp³-hybridized carbons (Fsp3) is 0.750. The number of aromatic nitrogens is 2. The summed E-state index contributed by atoms with van der Waals surface area (Å²) in [4.78, 5) is 4.58. The summed E-state index contributed by atoms with van der Waals surface area (Å²) in [5.74, 6) is 2.08. The number of hydrogen-bond acceptors (Lipinski definition) is 2. The minimum atomic E-state index is 0.656. The molecule has 1 saturated heterocycles. The van der Waals surface area contributed by atoms with Gasteiger partial charge in [0, 0.05) is 30.9 Å². The van der Waals surface area contributed by atoms with Crippen LogP contribution in [0.4, 0.5) is 0 Å². The third-order valence-electron chi connectivity index (χ3n) is 3.85. The second-order valence-electron chi connectivity index (χ2n) is 4.82. The lowest BCUT2D eigenvalue weighted by Crippen LogP contribution is -2.16. The van der Waals surface area contributed by atoms with E-state index in [1.807, 2.05) is 6.20 Å². The van der Waals surface area contributed by atoms with Gasteiger partial charge in [-0.05, 0) is 25.8 Å². The predicted molar refractivity (Wildman–Crippen MR) is 60.0 cm³/mol. The molecule has 15 heavy (non-hydrogen) atoms. The molecule has 2 heterocycles. The minimum absolute atomic E-state index is 0.656. The first kappa shape index (κ1) is 9.40. The van der Waals surface area contributed by atoms with Crippen molar-refractivity contribution in [3.8, 4) is 0 Å². The van der Waals surface area contributed by atoms with E-state index < -0.39 is 0 Å². The van der Waals surface area contributed by atoms with E-state index >= 15 is 0 Å². The van der Waals surface area contributed by atoms with Crippen molar-refractivity contribution in [3.63, 3.8) is 0 Å². The second-order valence-corrected chi connectivity index (χ2v) is 4.82. The van der Waals surface area contributed by atoms with Crippen molar-refractivity contribution in [3.05, 3.63) is 18.2 Å². The highest BCUT2D eigenvalue weighted by Crippen LogP contribution is 2.34. The van der Waals surface area contributed by atoms with Gasteiger partial charge in [0.15, 0.2) is 0 Å². The van der Waals surface area contributed by atoms with E-state index in [-0.39, 0.29) is 0 Å². The van der Waals surface area contributed by atoms with Crippen LogP contribution in [0.15, 0.2) is 12.4 Å². The van der Waals surface area contributed by atoms with Crippen LogP contribution in [0.1, 0.15) is 49.9 Å². The van der Waals surface area contributed by atoms with E-state index in [0.29, 0.717) is 6.04 Å². The van der Waals surface area contributed by atoms with E-state index in [1.54, 1.807) is 0 Å². The van der Waals surface area contributed by atoms with Gasteiger partial charge in [0.05, 0.1) is 0 Å². The Balaban J connectivity index is 1.84. The van der Waals surface area contributed by atoms with Crippen LogP contribution in [-0.4, -0.2) is 22.6 Å². The molecule has 1 atom stereocenters. The van der Waals surface area contributed by atoms with Crippen LogP contribution >= 0.6 is 0 Å². The van der Waals surface area contributed by atoms with Gasteiger partial charge >= 0.3 is 0 Å². The van der Waals surface area contributed by atoms with Crippen molar-refractivity contribution in [1.82, 2.24) is 14.9 Å². The maximum absolute atomic E-state index is 4.58. The van der Waals surface area contributed by atoms with Crippen LogP contribution in [0.25, 0.3) is 0 Å². The van der Waals surface area contributed by atoms with E-state index in [2.05, 4.69) is 21.1 Å². The normalized spacial score (nSPS) is 27.6. The minimum Gasteiger partial charge on any atom is -0.330 e. The number of hydrogen-bond donors (Lipinski definition) is 1. The molecule has 1 aromatic rings. The van der Waals surface area contributed by atoms with Crippen molar-refractivity contribution < 1.29 is 0 Å². The van der Waals surface area contributed by atoms with Gasteiger partial charge in [-0.15, -0.1) is 0 Å². The molecule has 0 radical (unpaired) electrons. The fourth-order valence-corrected chi connectivity index (χ4v) is 3.01. The van der Waals surface area contributed by atoms with Gasteiger partial charge in [-0.25, -0.2) is 4.98 Å². The smallest absolute Gasteiger partial charge is 0.112 e. The Morgan fingerprint density at radius 3 is 2.87 bits per heavy atom. The fourth-order valence-electron chi connectivity index (χ4n) is 3.01. The SMILES string of the molecule is c1cn(C2CCNC2)c(C2CCCC2)n1. The van der Waals surface area contributed by atoms with Crippen LogP contribution in [-0.2, 0) is 0 Å². The lowest BCUT2D eigenvalue weighted by atomic mass is 10.1. The molecule has 2 aliphatic rings. The molecule has 2 fully saturated rings. The van der Waals surface area contributed by atoms with E-state index in [4.69, 9.17) is 0 Å². The second kappa shape index (κ2) is 3.97. The molecule has 0 spiro atoms. The largest absolute Gasteiger partial charge is 0.330 e. The van der Waals surface area contributed by atoms with Crippen LogP contribution in [0, 0.1) is 0 Å². The number of nitrogens with one attached hydrogen (secondary N) is 1. The Labute approximate surface area is 90.9 Å². The van der Waals surface area contributed by atoms with E-state index in [1.165, 1.54) is 37.9 Å². The standard InChI is InChI=1S/C12H19N3/c1-2-4-10(3-1)12-14-7-8-15(12)11-5-6-13-9-11/h7-8,10-11,13H,1-6,9H2. The van der Waals surface area contributed by atoms with Gasteiger partial charge < -0.3 is 9.88 Å². The summed E-state index contributed by atoms with van der Waals surface area (Å²) in [7, 11) is 0. The van der Waals surface area contributed by atoms with E-state index in [9.17, 15) is 0 Å². The zero-order chi connectivity index (χ0) is 10.1. The lowest BCUT2D eigenvalue weighted by molar-refractivity contribution is 0.495. The van der Waals surface area contributed by atoms with Crippen molar-refractivity contribution >= 4 is 0 Å². The topological polar surface area (TPSA) is 29.9 Å². The highest BCUT2D eigenvalue weighted by atomic mass is 15.1. The lowest BCUT2D eigenvalue weighted by Gasteiger charge is -2.17. The summed E-state index contributed by atoms with van der Waals surface area (Å²) < 4.78 is 2.43. The van der Waals surface area contributed by atoms with Crippen molar-refractivity contribution in [2.75, 3.05) is 13.1 Å². The molecule has 3 rings (SSSR count). The Morgan fingerprint density at radius 2 is 2.13 bits per heavy atom. The van der Waals surface area contributed by atoms with Gasteiger partial charge in [0.2, 0.25) is 0 Å². The number of imidazole rings is 1. The zero-order valence-electron chi connectivity index (χ0n) is 9.15. The summed E-state index contributed by atoms with van der Waals surface area (Å²) in [6, 6.07) is 0.656. The Morgan fingerprint density at radius 1 is 1.27 bits per heavy atom. The molecule has 1 unspecified atom stereocenters. The molecule has 0 amide bonds. The molecule has 1 aliphatic carbocycles. The summed E-state index contributed by atoms with van der Waals surface area (Å²) in [5, 5.41) is 3.43. The highest BCUT2D eigenvalue weighted by molar-refractivity contribution is 5.05. The van der Waals surface area contributed by atoms with Crippen LogP contribution in [0.2, 0.25) is 0 Å². The monoisotopic (exact) mass is 205 g/mol. The first-order valence-electron chi connectivity index (χ1n) is 6.18. The Kier molecular flexibility index (Phi) is 2.49. The quantitative estimate of drug-likeness (QED) is 0.801. The molecule has 0 bridgehead atoms. The highest BCUT2D eigenvalue weighted by Gasteiger charge is 2.25. The average Bonchev–Trinajstić information content (AvgIpc) is 3.01. The predicted octanol–water partition coefficient (Wildman–Crippen LogP) is 2.08. The third-order valence-corrected chi connectivity index (χ3v) is 3.85. The zero-order valence-corrected chi connectivity index (χ0v) is 9.15. The van der Waals surface area contributed by atoms with Gasteiger partial charge in [-0.2, -0.15) is 0 Å². The van der Waals surface area contributed by atoms with Crippen LogP contribution in [0.5, 0.6) is 0 Å². The third kappa shape index (κ3) is 1.69. The molecule has 0 aromatic carbocycles. The maximum atomic E-state index is 4.58.